The van der Waals surface area contributed by atoms with E-state index < -0.39 is 0 Å². The van der Waals surface area contributed by atoms with Crippen LogP contribution in [0.1, 0.15) is 0 Å². The van der Waals surface area contributed by atoms with Crippen molar-refractivity contribution in [3.05, 3.63) is 24.5 Å². The van der Waals surface area contributed by atoms with Gasteiger partial charge in [0.25, 0.3) is 0 Å². The van der Waals surface area contributed by atoms with Crippen molar-refractivity contribution in [3.63, 3.8) is 0 Å². The first kappa shape index (κ1) is 13.4. The Morgan fingerprint density at radius 3 is 2.76 bits per heavy atom. The quantitative estimate of drug-likeness (QED) is 0.760. The molecule has 0 atom stereocenters. The van der Waals surface area contributed by atoms with E-state index in [9.17, 15) is 4.79 Å². The van der Waals surface area contributed by atoms with Crippen LogP contribution in [0.25, 0.3) is 0 Å². The van der Waals surface area contributed by atoms with E-state index in [0.717, 1.165) is 0 Å². The number of hydrogen-bond acceptors (Lipinski definition) is 4. The lowest BCUT2D eigenvalue weighted by Gasteiger charge is -2.21. The minimum absolute atomic E-state index is 0.0759. The van der Waals surface area contributed by atoms with Crippen LogP contribution >= 0.6 is 0 Å². The van der Waals surface area contributed by atoms with Gasteiger partial charge in [-0.25, -0.2) is 4.79 Å². The number of carbonyl (C=O) groups excluding carboxylic acids is 1. The number of amides is 2. The molecule has 0 aliphatic rings. The summed E-state index contributed by atoms with van der Waals surface area (Å²) < 4.78 is 4.91. The Morgan fingerprint density at radius 2 is 2.18 bits per heavy atom. The van der Waals surface area contributed by atoms with Crippen LogP contribution in [0.2, 0.25) is 0 Å². The van der Waals surface area contributed by atoms with Gasteiger partial charge in [0.05, 0.1) is 13.2 Å². The highest BCUT2D eigenvalue weighted by molar-refractivity contribution is 5.89. The molecule has 1 aromatic heterocycles. The van der Waals surface area contributed by atoms with E-state index in [1.165, 1.54) is 4.90 Å². The second-order valence-corrected chi connectivity index (χ2v) is 3.37. The molecule has 1 heterocycles. The van der Waals surface area contributed by atoms with Crippen LogP contribution in [0, 0.1) is 0 Å². The van der Waals surface area contributed by atoms with Gasteiger partial charge in [0.1, 0.15) is 0 Å². The van der Waals surface area contributed by atoms with Crippen molar-refractivity contribution in [1.29, 1.82) is 0 Å². The van der Waals surface area contributed by atoms with E-state index in [1.807, 2.05) is 0 Å². The van der Waals surface area contributed by atoms with Gasteiger partial charge < -0.3 is 20.1 Å². The number of urea groups is 1. The molecule has 0 radical (unpaired) electrons. The summed E-state index contributed by atoms with van der Waals surface area (Å²) in [6, 6.07) is 3.14. The number of aliphatic hydroxyl groups excluding tert-OH is 1. The van der Waals surface area contributed by atoms with Crippen LogP contribution in [-0.4, -0.2) is 54.4 Å². The third-order valence-corrected chi connectivity index (χ3v) is 2.15. The fourth-order valence-electron chi connectivity index (χ4n) is 1.27. The fraction of sp³-hybridized carbons (Fsp3) is 0.455. The normalized spacial score (nSPS) is 10.0. The number of nitrogens with zero attached hydrogens (tertiary/aromatic N) is 2. The van der Waals surface area contributed by atoms with Crippen LogP contribution in [0.15, 0.2) is 24.5 Å². The number of carbonyl (C=O) groups is 1. The second-order valence-electron chi connectivity index (χ2n) is 3.37. The zero-order chi connectivity index (χ0) is 12.5. The maximum absolute atomic E-state index is 11.8. The number of rotatable bonds is 6. The first-order valence-electron chi connectivity index (χ1n) is 5.33. The molecule has 6 nitrogen and oxygen atoms in total. The minimum Gasteiger partial charge on any atom is -0.395 e. The number of pyridine rings is 1. The van der Waals surface area contributed by atoms with E-state index in [1.54, 1.807) is 31.6 Å². The van der Waals surface area contributed by atoms with Gasteiger partial charge in [0, 0.05) is 38.3 Å². The number of methoxy groups -OCH3 is 1. The third-order valence-electron chi connectivity index (χ3n) is 2.15. The summed E-state index contributed by atoms with van der Waals surface area (Å²) >= 11 is 0. The standard InChI is InChI=1S/C11H17N3O3/c1-17-9-7-14(6-8-15)11(16)13-10-2-4-12-5-3-10/h2-5,15H,6-9H2,1H3,(H,12,13,16). The Morgan fingerprint density at radius 1 is 1.47 bits per heavy atom. The molecule has 0 bridgehead atoms. The predicted molar refractivity (Wildman–Crippen MR) is 63.8 cm³/mol. The Labute approximate surface area is 100 Å². The molecular formula is C11H17N3O3. The molecule has 1 aromatic rings. The summed E-state index contributed by atoms with van der Waals surface area (Å²) in [6.07, 6.45) is 3.20. The van der Waals surface area contributed by atoms with Crippen molar-refractivity contribution in [1.82, 2.24) is 9.88 Å². The summed E-state index contributed by atoms with van der Waals surface area (Å²) in [6.45, 7) is 1.07. The SMILES string of the molecule is COCCN(CCO)C(=O)Nc1ccncc1. The molecule has 94 valence electrons. The minimum atomic E-state index is -0.262. The molecule has 0 aliphatic carbocycles. The Hall–Kier alpha value is -1.66. The molecule has 6 heteroatoms. The van der Waals surface area contributed by atoms with Gasteiger partial charge in [-0.05, 0) is 12.1 Å². The smallest absolute Gasteiger partial charge is 0.322 e. The van der Waals surface area contributed by atoms with E-state index in [0.29, 0.717) is 18.8 Å². The average Bonchev–Trinajstić information content (AvgIpc) is 2.35. The zero-order valence-corrected chi connectivity index (χ0v) is 9.80. The molecular weight excluding hydrogens is 222 g/mol. The largest absolute Gasteiger partial charge is 0.395 e. The summed E-state index contributed by atoms with van der Waals surface area (Å²) in [5.41, 5.74) is 0.672. The van der Waals surface area contributed by atoms with E-state index >= 15 is 0 Å². The highest BCUT2D eigenvalue weighted by Crippen LogP contribution is 2.04. The van der Waals surface area contributed by atoms with Gasteiger partial charge in [0.15, 0.2) is 0 Å². The lowest BCUT2D eigenvalue weighted by molar-refractivity contribution is 0.142. The topological polar surface area (TPSA) is 74.7 Å². The molecule has 0 saturated carbocycles. The van der Waals surface area contributed by atoms with Crippen LogP contribution in [0.4, 0.5) is 10.5 Å². The lowest BCUT2D eigenvalue weighted by Crippen LogP contribution is -2.39. The molecule has 0 unspecified atom stereocenters. The maximum atomic E-state index is 11.8. The van der Waals surface area contributed by atoms with Gasteiger partial charge >= 0.3 is 6.03 Å². The van der Waals surface area contributed by atoms with Gasteiger partial charge in [-0.2, -0.15) is 0 Å². The zero-order valence-electron chi connectivity index (χ0n) is 9.80. The van der Waals surface area contributed by atoms with Crippen molar-refractivity contribution >= 4 is 11.7 Å². The summed E-state index contributed by atoms with van der Waals surface area (Å²) in [5, 5.41) is 11.6. The van der Waals surface area contributed by atoms with Gasteiger partial charge in [-0.3, -0.25) is 4.98 Å². The number of aliphatic hydroxyl groups is 1. The van der Waals surface area contributed by atoms with E-state index in [2.05, 4.69) is 10.3 Å². The third kappa shape index (κ3) is 4.80. The maximum Gasteiger partial charge on any atom is 0.322 e. The average molecular weight is 239 g/mol. The molecule has 0 aliphatic heterocycles. The summed E-state index contributed by atoms with van der Waals surface area (Å²) in [4.78, 5) is 17.2. The summed E-state index contributed by atoms with van der Waals surface area (Å²) in [5.74, 6) is 0. The highest BCUT2D eigenvalue weighted by Gasteiger charge is 2.12. The van der Waals surface area contributed by atoms with E-state index in [4.69, 9.17) is 9.84 Å². The predicted octanol–water partition coefficient (Wildman–Crippen LogP) is 0.554. The van der Waals surface area contributed by atoms with Crippen molar-refractivity contribution in [2.75, 3.05) is 38.7 Å². The van der Waals surface area contributed by atoms with Gasteiger partial charge in [0.2, 0.25) is 0 Å². The Bertz CT molecular complexity index is 332. The lowest BCUT2D eigenvalue weighted by atomic mass is 10.4. The molecule has 17 heavy (non-hydrogen) atoms. The van der Waals surface area contributed by atoms with Gasteiger partial charge in [-0.1, -0.05) is 0 Å². The van der Waals surface area contributed by atoms with Crippen LogP contribution in [0.3, 0.4) is 0 Å². The molecule has 0 aromatic carbocycles. The fourth-order valence-corrected chi connectivity index (χ4v) is 1.27. The number of nitrogens with one attached hydrogen (secondary N) is 1. The monoisotopic (exact) mass is 239 g/mol. The van der Waals surface area contributed by atoms with Crippen LogP contribution in [-0.2, 0) is 4.74 Å². The highest BCUT2D eigenvalue weighted by atomic mass is 16.5. The molecule has 2 N–H and O–H groups in total. The number of ether oxygens (including phenoxy) is 1. The molecule has 0 fully saturated rings. The number of anilines is 1. The van der Waals surface area contributed by atoms with Crippen LogP contribution < -0.4 is 5.32 Å². The first-order valence-corrected chi connectivity index (χ1v) is 5.33. The van der Waals surface area contributed by atoms with Crippen molar-refractivity contribution in [2.45, 2.75) is 0 Å². The second kappa shape index (κ2) is 7.59. The van der Waals surface area contributed by atoms with Gasteiger partial charge in [-0.15, -0.1) is 0 Å². The molecule has 2 amide bonds. The Balaban J connectivity index is 2.52. The van der Waals surface area contributed by atoms with Crippen molar-refractivity contribution in [2.24, 2.45) is 0 Å². The number of hydrogen-bond donors (Lipinski definition) is 2. The number of aromatic nitrogens is 1. The molecule has 1 rings (SSSR count). The summed E-state index contributed by atoms with van der Waals surface area (Å²) in [7, 11) is 1.57. The first-order chi connectivity index (χ1) is 8.27. The molecule has 0 spiro atoms. The van der Waals surface area contributed by atoms with Crippen molar-refractivity contribution < 1.29 is 14.6 Å². The molecule has 0 saturated heterocycles. The Kier molecular flexibility index (Phi) is 5.98. The van der Waals surface area contributed by atoms with E-state index in [-0.39, 0.29) is 19.2 Å². The van der Waals surface area contributed by atoms with Crippen molar-refractivity contribution in [3.8, 4) is 0 Å². The van der Waals surface area contributed by atoms with Crippen LogP contribution in [0.5, 0.6) is 0 Å².